The highest BCUT2D eigenvalue weighted by Gasteiger charge is 2.53. The Morgan fingerprint density at radius 1 is 1.00 bits per heavy atom. The minimum Gasteiger partial charge on any atom is -0.354 e. The Hall–Kier alpha value is -1.97. The summed E-state index contributed by atoms with van der Waals surface area (Å²) in [6.45, 7) is 11.0. The van der Waals surface area contributed by atoms with Crippen molar-refractivity contribution in [2.45, 2.75) is 65.1 Å². The van der Waals surface area contributed by atoms with Gasteiger partial charge >= 0.3 is 0 Å². The molecule has 28 heavy (non-hydrogen) atoms. The molecule has 2 aromatic rings. The summed E-state index contributed by atoms with van der Waals surface area (Å²) >= 11 is 6.29. The van der Waals surface area contributed by atoms with Gasteiger partial charge in [-0.05, 0) is 74.9 Å². The number of ether oxygens (including phenoxy) is 1. The van der Waals surface area contributed by atoms with Crippen LogP contribution in [0.4, 0.5) is 0 Å². The topological polar surface area (TPSA) is 43.4 Å². The molecule has 0 radical (unpaired) electrons. The van der Waals surface area contributed by atoms with Gasteiger partial charge in [0.25, 0.3) is 0 Å². The first-order valence-corrected chi connectivity index (χ1v) is 10.0. The molecule has 1 fully saturated rings. The number of rotatable bonds is 3. The van der Waals surface area contributed by atoms with Crippen molar-refractivity contribution in [1.29, 1.82) is 0 Å². The number of carbonyl (C=O) groups excluding carboxylic acids is 2. The van der Waals surface area contributed by atoms with Gasteiger partial charge in [0.1, 0.15) is 17.1 Å². The van der Waals surface area contributed by atoms with Gasteiger partial charge in [0.05, 0.1) is 0 Å². The van der Waals surface area contributed by atoms with E-state index in [0.29, 0.717) is 0 Å². The largest absolute Gasteiger partial charge is 0.354 e. The van der Waals surface area contributed by atoms with Crippen LogP contribution in [0.3, 0.4) is 0 Å². The average Bonchev–Trinajstić information content (AvgIpc) is 2.62. The number of aryl methyl sites for hydroxylation is 1. The zero-order valence-electron chi connectivity index (χ0n) is 17.4. The molecule has 3 nitrogen and oxygen atoms in total. The Morgan fingerprint density at radius 3 is 2.18 bits per heavy atom. The predicted octanol–water partition coefficient (Wildman–Crippen LogP) is 5.69. The fourth-order valence-electron chi connectivity index (χ4n) is 4.12. The van der Waals surface area contributed by atoms with Gasteiger partial charge in [-0.2, -0.15) is 0 Å². The SMILES string of the molecule is CCc1cc(-c2cccc(Cl)c2C)ccc1C1C(=O)C(C)(C)OC(C)(C)C1=O. The zero-order chi connectivity index (χ0) is 20.9. The van der Waals surface area contributed by atoms with Crippen LogP contribution < -0.4 is 0 Å². The Kier molecular flexibility index (Phi) is 5.28. The third-order valence-electron chi connectivity index (χ3n) is 5.64. The van der Waals surface area contributed by atoms with Crippen LogP contribution in [0.15, 0.2) is 36.4 Å². The van der Waals surface area contributed by atoms with Gasteiger partial charge < -0.3 is 4.74 Å². The number of Topliss-reactive ketones (excluding diaryl/α,β-unsaturated/α-hetero) is 2. The van der Waals surface area contributed by atoms with Crippen LogP contribution in [0.5, 0.6) is 0 Å². The zero-order valence-corrected chi connectivity index (χ0v) is 18.1. The van der Waals surface area contributed by atoms with Gasteiger partial charge in [-0.1, -0.05) is 48.9 Å². The lowest BCUT2D eigenvalue weighted by molar-refractivity contribution is -0.184. The molecular formula is C24H27ClO3. The molecule has 4 heteroatoms. The molecule has 0 amide bonds. The van der Waals surface area contributed by atoms with Crippen molar-refractivity contribution in [3.8, 4) is 11.1 Å². The summed E-state index contributed by atoms with van der Waals surface area (Å²) in [5, 5.41) is 0.720. The van der Waals surface area contributed by atoms with Gasteiger partial charge in [-0.3, -0.25) is 9.59 Å². The molecule has 1 aliphatic rings. The predicted molar refractivity (Wildman–Crippen MR) is 113 cm³/mol. The molecule has 1 saturated heterocycles. The number of hydrogen-bond acceptors (Lipinski definition) is 3. The Bertz CT molecular complexity index is 930. The summed E-state index contributed by atoms with van der Waals surface area (Å²) in [6, 6.07) is 11.8. The second-order valence-electron chi connectivity index (χ2n) is 8.46. The molecule has 0 aliphatic carbocycles. The van der Waals surface area contributed by atoms with Crippen LogP contribution in [0.1, 0.15) is 57.2 Å². The fraction of sp³-hybridized carbons (Fsp3) is 0.417. The average molecular weight is 399 g/mol. The molecular weight excluding hydrogens is 372 g/mol. The van der Waals surface area contributed by atoms with E-state index in [-0.39, 0.29) is 11.6 Å². The minimum absolute atomic E-state index is 0.182. The van der Waals surface area contributed by atoms with E-state index >= 15 is 0 Å². The number of ketones is 2. The maximum Gasteiger partial charge on any atom is 0.179 e. The first kappa shape index (κ1) is 20.8. The first-order valence-electron chi connectivity index (χ1n) is 9.66. The second-order valence-corrected chi connectivity index (χ2v) is 8.87. The molecule has 0 saturated carbocycles. The summed E-state index contributed by atoms with van der Waals surface area (Å²) in [5.74, 6) is -1.17. The van der Waals surface area contributed by atoms with Gasteiger partial charge in [-0.25, -0.2) is 0 Å². The highest BCUT2D eigenvalue weighted by Crippen LogP contribution is 2.40. The standard InChI is InChI=1S/C24H27ClO3/c1-7-15-13-16(17-9-8-10-19(25)14(17)2)11-12-18(15)20-21(26)23(3,4)28-24(5,6)22(20)27/h8-13,20H,7H2,1-6H3. The Balaban J connectivity index is 2.13. The van der Waals surface area contributed by atoms with E-state index in [2.05, 4.69) is 6.07 Å². The normalized spacial score (nSPS) is 19.1. The lowest BCUT2D eigenvalue weighted by Crippen LogP contribution is -2.58. The molecule has 1 heterocycles. The van der Waals surface area contributed by atoms with Crippen molar-refractivity contribution < 1.29 is 14.3 Å². The molecule has 0 aromatic heterocycles. The van der Waals surface area contributed by atoms with Crippen molar-refractivity contribution in [3.05, 3.63) is 58.1 Å². The molecule has 1 aliphatic heterocycles. The summed E-state index contributed by atoms with van der Waals surface area (Å²) in [6.07, 6.45) is 0.724. The Morgan fingerprint density at radius 2 is 1.61 bits per heavy atom. The summed E-state index contributed by atoms with van der Waals surface area (Å²) in [7, 11) is 0. The number of benzene rings is 2. The summed E-state index contributed by atoms with van der Waals surface area (Å²) in [5.41, 5.74) is 2.87. The number of carbonyl (C=O) groups is 2. The molecule has 3 rings (SSSR count). The number of halogens is 1. The highest BCUT2D eigenvalue weighted by molar-refractivity contribution is 6.31. The van der Waals surface area contributed by atoms with E-state index in [1.54, 1.807) is 27.7 Å². The van der Waals surface area contributed by atoms with Crippen LogP contribution in [0.2, 0.25) is 5.02 Å². The minimum atomic E-state index is -1.00. The van der Waals surface area contributed by atoms with E-state index in [1.165, 1.54) is 0 Å². The lowest BCUT2D eigenvalue weighted by atomic mass is 9.73. The van der Waals surface area contributed by atoms with Gasteiger partial charge in [-0.15, -0.1) is 0 Å². The molecule has 0 atom stereocenters. The van der Waals surface area contributed by atoms with E-state index in [9.17, 15) is 9.59 Å². The third kappa shape index (κ3) is 3.42. The van der Waals surface area contributed by atoms with E-state index < -0.39 is 17.1 Å². The van der Waals surface area contributed by atoms with E-state index in [1.807, 2.05) is 44.2 Å². The van der Waals surface area contributed by atoms with Crippen molar-refractivity contribution in [2.75, 3.05) is 0 Å². The van der Waals surface area contributed by atoms with E-state index in [4.69, 9.17) is 16.3 Å². The quantitative estimate of drug-likeness (QED) is 0.624. The van der Waals surface area contributed by atoms with Crippen LogP contribution in [-0.2, 0) is 20.7 Å². The maximum absolute atomic E-state index is 13.1. The molecule has 0 N–H and O–H groups in total. The van der Waals surface area contributed by atoms with Gasteiger partial charge in [0.2, 0.25) is 0 Å². The van der Waals surface area contributed by atoms with Crippen molar-refractivity contribution >= 4 is 23.2 Å². The lowest BCUT2D eigenvalue weighted by Gasteiger charge is -2.43. The second kappa shape index (κ2) is 7.13. The number of hydrogen-bond donors (Lipinski definition) is 0. The molecule has 2 aromatic carbocycles. The van der Waals surface area contributed by atoms with Crippen LogP contribution in [0, 0.1) is 6.92 Å². The molecule has 0 unspecified atom stereocenters. The molecule has 148 valence electrons. The maximum atomic E-state index is 13.1. The smallest absolute Gasteiger partial charge is 0.179 e. The van der Waals surface area contributed by atoms with Gasteiger partial charge in [0.15, 0.2) is 11.6 Å². The summed E-state index contributed by atoms with van der Waals surface area (Å²) < 4.78 is 5.82. The Labute approximate surface area is 172 Å². The van der Waals surface area contributed by atoms with Crippen molar-refractivity contribution in [1.82, 2.24) is 0 Å². The first-order chi connectivity index (χ1) is 13.0. The van der Waals surface area contributed by atoms with Crippen molar-refractivity contribution in [2.24, 2.45) is 0 Å². The third-order valence-corrected chi connectivity index (χ3v) is 6.04. The molecule has 0 bridgehead atoms. The summed E-state index contributed by atoms with van der Waals surface area (Å²) in [4.78, 5) is 26.2. The van der Waals surface area contributed by atoms with Gasteiger partial charge in [0, 0.05) is 5.02 Å². The van der Waals surface area contributed by atoms with E-state index in [0.717, 1.165) is 39.3 Å². The van der Waals surface area contributed by atoms with Crippen molar-refractivity contribution in [3.63, 3.8) is 0 Å². The van der Waals surface area contributed by atoms with Crippen LogP contribution in [0.25, 0.3) is 11.1 Å². The molecule has 0 spiro atoms. The highest BCUT2D eigenvalue weighted by atomic mass is 35.5. The van der Waals surface area contributed by atoms with Crippen LogP contribution >= 0.6 is 11.6 Å². The fourth-order valence-corrected chi connectivity index (χ4v) is 4.29. The monoisotopic (exact) mass is 398 g/mol. The van der Waals surface area contributed by atoms with Crippen LogP contribution in [-0.4, -0.2) is 22.8 Å².